The van der Waals surface area contributed by atoms with E-state index < -0.39 is 24.3 Å². The van der Waals surface area contributed by atoms with E-state index in [9.17, 15) is 4.79 Å². The molecule has 6 nitrogen and oxygen atoms in total. The molecule has 2 N–H and O–H groups in total. The maximum atomic E-state index is 12.0. The smallest absolute Gasteiger partial charge is 0.493 e. The lowest BCUT2D eigenvalue weighted by atomic mass is 9.76. The normalized spacial score (nSPS) is 21.0. The number of nitrogen functional groups attached to an aromatic ring is 1. The van der Waals surface area contributed by atoms with Crippen molar-refractivity contribution in [2.24, 2.45) is 0 Å². The zero-order valence-corrected chi connectivity index (χ0v) is 14.2. The van der Waals surface area contributed by atoms with Gasteiger partial charge < -0.3 is 24.5 Å². The topological polar surface area (TPSA) is 80.0 Å². The average Bonchev–Trinajstić information content (AvgIpc) is 3.00. The van der Waals surface area contributed by atoms with Gasteiger partial charge in [-0.25, -0.2) is 4.79 Å². The Labute approximate surface area is 136 Å². The van der Waals surface area contributed by atoms with Gasteiger partial charge in [-0.1, -0.05) is 0 Å². The van der Waals surface area contributed by atoms with Crippen LogP contribution in [0.15, 0.2) is 6.07 Å². The molecular weight excluding hydrogens is 297 g/mol. The van der Waals surface area contributed by atoms with E-state index in [0.717, 1.165) is 11.0 Å². The van der Waals surface area contributed by atoms with Crippen molar-refractivity contribution in [2.75, 3.05) is 19.5 Å². The molecule has 0 unspecified atom stereocenters. The summed E-state index contributed by atoms with van der Waals surface area (Å²) >= 11 is 0. The molecule has 0 aliphatic carbocycles. The highest BCUT2D eigenvalue weighted by molar-refractivity contribution is 6.63. The maximum Gasteiger partial charge on any atom is 0.498 e. The first-order valence-corrected chi connectivity index (χ1v) is 7.70. The molecule has 3 rings (SSSR count). The maximum absolute atomic E-state index is 12.0. The number of nitrogens with two attached hydrogens (primary N) is 1. The van der Waals surface area contributed by atoms with Gasteiger partial charge in [0.2, 0.25) is 0 Å². The molecule has 1 fully saturated rings. The van der Waals surface area contributed by atoms with Crippen LogP contribution in [-0.4, -0.2) is 38.0 Å². The molecule has 1 aromatic carbocycles. The van der Waals surface area contributed by atoms with Gasteiger partial charge in [-0.3, -0.25) is 0 Å². The monoisotopic (exact) mass is 319 g/mol. The summed E-state index contributed by atoms with van der Waals surface area (Å²) in [5, 5.41) is 0. The predicted molar refractivity (Wildman–Crippen MR) is 87.1 cm³/mol. The van der Waals surface area contributed by atoms with Crippen LogP contribution in [-0.2, 0) is 20.5 Å². The van der Waals surface area contributed by atoms with E-state index in [-0.39, 0.29) is 0 Å². The minimum absolute atomic E-state index is 0.353. The molecule has 2 aliphatic heterocycles. The minimum atomic E-state index is -0.583. The largest absolute Gasteiger partial charge is 0.498 e. The minimum Gasteiger partial charge on any atom is -0.493 e. The average molecular weight is 319 g/mol. The van der Waals surface area contributed by atoms with Gasteiger partial charge in [0.15, 0.2) is 0 Å². The second-order valence-corrected chi connectivity index (χ2v) is 6.92. The lowest BCUT2D eigenvalue weighted by Gasteiger charge is -2.32. The number of methoxy groups -OCH3 is 1. The van der Waals surface area contributed by atoms with E-state index in [1.807, 2.05) is 27.7 Å². The summed E-state index contributed by atoms with van der Waals surface area (Å²) in [6.07, 6.45) is 0.608. The number of fused-ring (bicyclic) bond motifs is 1. The van der Waals surface area contributed by atoms with Crippen LogP contribution in [0, 0.1) is 0 Å². The van der Waals surface area contributed by atoms with Crippen molar-refractivity contribution in [1.82, 2.24) is 0 Å². The molecule has 124 valence electrons. The van der Waals surface area contributed by atoms with E-state index >= 15 is 0 Å². The fraction of sp³-hybridized carbons (Fsp3) is 0.562. The van der Waals surface area contributed by atoms with Gasteiger partial charge in [0.1, 0.15) is 5.75 Å². The second-order valence-electron chi connectivity index (χ2n) is 6.92. The molecule has 0 bridgehead atoms. The molecule has 0 radical (unpaired) electrons. The van der Waals surface area contributed by atoms with Crippen molar-refractivity contribution in [1.29, 1.82) is 0 Å². The van der Waals surface area contributed by atoms with E-state index in [1.165, 1.54) is 7.11 Å². The predicted octanol–water partition coefficient (Wildman–Crippen LogP) is 1.29. The first kappa shape index (κ1) is 16.1. The number of rotatable bonds is 2. The van der Waals surface area contributed by atoms with Crippen LogP contribution in [0.1, 0.15) is 43.6 Å². The Morgan fingerprint density at radius 1 is 1.26 bits per heavy atom. The molecule has 2 aliphatic rings. The third kappa shape index (κ3) is 2.39. The first-order valence-electron chi connectivity index (χ1n) is 7.70. The van der Waals surface area contributed by atoms with Crippen molar-refractivity contribution in [3.8, 4) is 5.75 Å². The van der Waals surface area contributed by atoms with Crippen LogP contribution >= 0.6 is 0 Å². The first-order chi connectivity index (χ1) is 10.7. The molecule has 7 heteroatoms. The lowest BCUT2D eigenvalue weighted by molar-refractivity contribution is 0.00578. The summed E-state index contributed by atoms with van der Waals surface area (Å²) in [6, 6.07) is 1.69. The second kappa shape index (κ2) is 5.14. The van der Waals surface area contributed by atoms with E-state index in [0.29, 0.717) is 30.0 Å². The highest BCUT2D eigenvalue weighted by Crippen LogP contribution is 2.39. The Kier molecular flexibility index (Phi) is 3.61. The van der Waals surface area contributed by atoms with Crippen LogP contribution < -0.4 is 15.9 Å². The molecule has 0 atom stereocenters. The van der Waals surface area contributed by atoms with Crippen molar-refractivity contribution in [3.63, 3.8) is 0 Å². The Morgan fingerprint density at radius 3 is 2.43 bits per heavy atom. The van der Waals surface area contributed by atoms with Crippen molar-refractivity contribution < 1.29 is 23.6 Å². The van der Waals surface area contributed by atoms with Gasteiger partial charge in [0, 0.05) is 23.1 Å². The fourth-order valence-corrected chi connectivity index (χ4v) is 2.92. The van der Waals surface area contributed by atoms with E-state index in [2.05, 4.69) is 0 Å². The summed E-state index contributed by atoms with van der Waals surface area (Å²) in [5.41, 5.74) is 7.40. The van der Waals surface area contributed by atoms with Gasteiger partial charge in [-0.2, -0.15) is 0 Å². The number of ether oxygens (including phenoxy) is 2. The number of anilines is 1. The SMILES string of the molecule is COC(=O)c1c(N)cc(B2OC(C)(C)C(C)(C)O2)c2c1CCO2. The van der Waals surface area contributed by atoms with Gasteiger partial charge in [0.25, 0.3) is 0 Å². The molecule has 23 heavy (non-hydrogen) atoms. The number of benzene rings is 1. The quantitative estimate of drug-likeness (QED) is 0.503. The fourth-order valence-electron chi connectivity index (χ4n) is 2.92. The zero-order valence-electron chi connectivity index (χ0n) is 14.2. The summed E-state index contributed by atoms with van der Waals surface area (Å²) in [5.74, 6) is 0.169. The lowest BCUT2D eigenvalue weighted by Crippen LogP contribution is -2.41. The van der Waals surface area contributed by atoms with Crippen molar-refractivity contribution in [3.05, 3.63) is 17.2 Å². The van der Waals surface area contributed by atoms with Gasteiger partial charge in [0.05, 0.1) is 30.5 Å². The van der Waals surface area contributed by atoms with Crippen molar-refractivity contribution in [2.45, 2.75) is 45.3 Å². The number of hydrogen-bond acceptors (Lipinski definition) is 6. The Bertz CT molecular complexity index is 655. The third-order valence-electron chi connectivity index (χ3n) is 4.93. The molecule has 2 heterocycles. The Hall–Kier alpha value is -1.73. The molecule has 1 aromatic rings. The van der Waals surface area contributed by atoms with Crippen LogP contribution in [0.5, 0.6) is 5.75 Å². The van der Waals surface area contributed by atoms with Crippen LogP contribution in [0.2, 0.25) is 0 Å². The molecule has 0 saturated carbocycles. The molecule has 0 aromatic heterocycles. The molecule has 0 spiro atoms. The summed E-state index contributed by atoms with van der Waals surface area (Å²) in [4.78, 5) is 12.0. The number of hydrogen-bond donors (Lipinski definition) is 1. The van der Waals surface area contributed by atoms with E-state index in [4.69, 9.17) is 24.5 Å². The van der Waals surface area contributed by atoms with E-state index in [1.54, 1.807) is 6.07 Å². The standard InChI is InChI=1S/C16H22BNO5/c1-15(2)16(3,4)23-17(22-15)10-8-11(18)12(14(19)20-5)9-6-7-21-13(9)10/h8H,6-7,18H2,1-5H3. The molecule has 0 amide bonds. The van der Waals surface area contributed by atoms with Crippen LogP contribution in [0.4, 0.5) is 5.69 Å². The van der Waals surface area contributed by atoms with Crippen LogP contribution in [0.25, 0.3) is 0 Å². The number of esters is 1. The summed E-state index contributed by atoms with van der Waals surface area (Å²) in [6.45, 7) is 8.44. The molecular formula is C16H22BNO5. The Balaban J connectivity index is 2.08. The molecule has 1 saturated heterocycles. The number of carbonyl (C=O) groups excluding carboxylic acids is 1. The van der Waals surface area contributed by atoms with Crippen LogP contribution in [0.3, 0.4) is 0 Å². The Morgan fingerprint density at radius 2 is 1.87 bits per heavy atom. The highest BCUT2D eigenvalue weighted by Gasteiger charge is 2.53. The van der Waals surface area contributed by atoms with Gasteiger partial charge in [-0.15, -0.1) is 0 Å². The number of carbonyl (C=O) groups is 1. The van der Waals surface area contributed by atoms with Gasteiger partial charge >= 0.3 is 13.1 Å². The zero-order chi connectivity index (χ0) is 17.0. The summed E-state index contributed by atoms with van der Waals surface area (Å²) in [7, 11) is 0.757. The third-order valence-corrected chi connectivity index (χ3v) is 4.93. The van der Waals surface area contributed by atoms with Crippen molar-refractivity contribution >= 4 is 24.2 Å². The van der Waals surface area contributed by atoms with Gasteiger partial charge in [-0.05, 0) is 33.8 Å². The highest BCUT2D eigenvalue weighted by atomic mass is 16.7. The summed E-state index contributed by atoms with van der Waals surface area (Å²) < 4.78 is 22.7.